The summed E-state index contributed by atoms with van der Waals surface area (Å²) >= 11 is 0. The van der Waals surface area contributed by atoms with E-state index < -0.39 is 24.2 Å². The Balaban J connectivity index is 3.65. The molecular weight excluding hydrogens is 582 g/mol. The molecule has 0 fully saturated rings. The molecule has 4 N–H and O–H groups in total. The summed E-state index contributed by atoms with van der Waals surface area (Å²) in [5, 5.41) is 32.9. The number of rotatable bonds is 36. The molecule has 47 heavy (non-hydrogen) atoms. The van der Waals surface area contributed by atoms with E-state index in [2.05, 4.69) is 43.5 Å². The molecule has 0 aliphatic rings. The molecule has 3 atom stereocenters. The number of hydrogen-bond donors (Lipinski definition) is 4. The zero-order valence-electron chi connectivity index (χ0n) is 31.2. The Morgan fingerprint density at radius 3 is 1.34 bits per heavy atom. The van der Waals surface area contributed by atoms with E-state index in [1.54, 1.807) is 6.08 Å². The first-order valence-corrected chi connectivity index (χ1v) is 20.3. The van der Waals surface area contributed by atoms with E-state index in [-0.39, 0.29) is 6.61 Å². The van der Waals surface area contributed by atoms with E-state index in [9.17, 15) is 20.1 Å². The lowest BCUT2D eigenvalue weighted by Gasteiger charge is -2.21. The second-order valence-corrected chi connectivity index (χ2v) is 13.8. The van der Waals surface area contributed by atoms with Crippen molar-refractivity contribution in [2.24, 2.45) is 0 Å². The average molecular weight is 662 g/mol. The summed E-state index contributed by atoms with van der Waals surface area (Å²) in [5.74, 6) is -0.511. The van der Waals surface area contributed by atoms with Crippen molar-refractivity contribution in [2.45, 2.75) is 218 Å². The number of allylic oxidation sites excluding steroid dienone is 5. The monoisotopic (exact) mass is 662 g/mol. The number of hydrogen-bond acceptors (Lipinski definition) is 4. The lowest BCUT2D eigenvalue weighted by Crippen LogP contribution is -2.48. The summed E-state index contributed by atoms with van der Waals surface area (Å²) in [6.45, 7) is 4.14. The minimum absolute atomic E-state index is 0.367. The lowest BCUT2D eigenvalue weighted by atomic mass is 10.0. The van der Waals surface area contributed by atoms with Gasteiger partial charge in [0.15, 0.2) is 0 Å². The molecule has 5 nitrogen and oxygen atoms in total. The van der Waals surface area contributed by atoms with Crippen LogP contribution in [0.2, 0.25) is 0 Å². The number of aliphatic hydroxyl groups excluding tert-OH is 3. The third-order valence-corrected chi connectivity index (χ3v) is 9.23. The maximum Gasteiger partial charge on any atom is 0.249 e. The molecular formula is C42H79NO4. The molecule has 1 amide bonds. The van der Waals surface area contributed by atoms with Crippen molar-refractivity contribution in [3.8, 4) is 0 Å². The first-order chi connectivity index (χ1) is 23.1. The van der Waals surface area contributed by atoms with E-state index in [0.717, 1.165) is 38.5 Å². The van der Waals surface area contributed by atoms with Crippen molar-refractivity contribution < 1.29 is 20.1 Å². The maximum atomic E-state index is 12.4. The standard InChI is InChI=1S/C42H79NO4/c1-3-5-7-9-11-13-14-15-16-17-18-19-20-21-22-23-24-25-26-27-29-31-33-35-37-41(46)42(47)43-39(38-44)40(45)36-34-32-30-28-12-10-8-6-4-2/h18-19,21-22,34,36,39-41,44-46H,3-17,20,23-33,35,37-38H2,1-2H3,(H,43,47)/b19-18-,22-21-,36-34+. The molecule has 0 aromatic carbocycles. The largest absolute Gasteiger partial charge is 0.394 e. The average Bonchev–Trinajstić information content (AvgIpc) is 3.07. The van der Waals surface area contributed by atoms with Gasteiger partial charge in [0.05, 0.1) is 18.8 Å². The molecule has 0 aliphatic carbocycles. The van der Waals surface area contributed by atoms with E-state index >= 15 is 0 Å². The zero-order chi connectivity index (χ0) is 34.5. The zero-order valence-corrected chi connectivity index (χ0v) is 31.2. The molecule has 0 spiro atoms. The minimum atomic E-state index is -1.10. The van der Waals surface area contributed by atoms with Gasteiger partial charge in [0, 0.05) is 0 Å². The van der Waals surface area contributed by atoms with Crippen molar-refractivity contribution in [3.63, 3.8) is 0 Å². The topological polar surface area (TPSA) is 89.8 Å². The van der Waals surface area contributed by atoms with E-state index in [1.807, 2.05) is 6.08 Å². The molecule has 0 radical (unpaired) electrons. The molecule has 0 bridgehead atoms. The van der Waals surface area contributed by atoms with Crippen molar-refractivity contribution in [3.05, 3.63) is 36.5 Å². The van der Waals surface area contributed by atoms with Gasteiger partial charge in [-0.05, 0) is 51.4 Å². The molecule has 3 unspecified atom stereocenters. The first kappa shape index (κ1) is 45.6. The van der Waals surface area contributed by atoms with Gasteiger partial charge in [-0.2, -0.15) is 0 Å². The predicted octanol–water partition coefficient (Wildman–Crippen LogP) is 11.2. The highest BCUT2D eigenvalue weighted by molar-refractivity contribution is 5.80. The Kier molecular flexibility index (Phi) is 36.3. The number of unbranched alkanes of at least 4 members (excludes halogenated alkanes) is 24. The molecule has 0 aliphatic heterocycles. The van der Waals surface area contributed by atoms with Crippen molar-refractivity contribution in [1.82, 2.24) is 5.32 Å². The van der Waals surface area contributed by atoms with E-state index in [1.165, 1.54) is 141 Å². The van der Waals surface area contributed by atoms with Gasteiger partial charge < -0.3 is 20.6 Å². The first-order valence-electron chi connectivity index (χ1n) is 20.3. The fourth-order valence-electron chi connectivity index (χ4n) is 5.98. The van der Waals surface area contributed by atoms with Gasteiger partial charge in [0.25, 0.3) is 0 Å². The molecule has 0 aromatic rings. The van der Waals surface area contributed by atoms with Crippen LogP contribution in [0.5, 0.6) is 0 Å². The second-order valence-electron chi connectivity index (χ2n) is 13.8. The highest BCUT2D eigenvalue weighted by Crippen LogP contribution is 2.14. The van der Waals surface area contributed by atoms with Crippen molar-refractivity contribution in [1.29, 1.82) is 0 Å². The van der Waals surface area contributed by atoms with Gasteiger partial charge in [-0.25, -0.2) is 0 Å². The van der Waals surface area contributed by atoms with Gasteiger partial charge in [0.1, 0.15) is 6.10 Å². The number of carbonyl (C=O) groups is 1. The molecule has 0 heterocycles. The van der Waals surface area contributed by atoms with Gasteiger partial charge in [-0.1, -0.05) is 185 Å². The maximum absolute atomic E-state index is 12.4. The van der Waals surface area contributed by atoms with Crippen LogP contribution in [0.4, 0.5) is 0 Å². The van der Waals surface area contributed by atoms with Crippen LogP contribution in [0, 0.1) is 0 Å². The van der Waals surface area contributed by atoms with Gasteiger partial charge in [-0.3, -0.25) is 4.79 Å². The number of aliphatic hydroxyl groups is 3. The van der Waals surface area contributed by atoms with Crippen LogP contribution in [0.3, 0.4) is 0 Å². The minimum Gasteiger partial charge on any atom is -0.394 e. The van der Waals surface area contributed by atoms with E-state index in [0.29, 0.717) is 6.42 Å². The second kappa shape index (κ2) is 37.4. The molecule has 0 saturated heterocycles. The van der Waals surface area contributed by atoms with Crippen LogP contribution in [0.15, 0.2) is 36.5 Å². The smallest absolute Gasteiger partial charge is 0.249 e. The summed E-state index contributed by atoms with van der Waals surface area (Å²) in [5.41, 5.74) is 0. The van der Waals surface area contributed by atoms with Crippen LogP contribution >= 0.6 is 0 Å². The van der Waals surface area contributed by atoms with Gasteiger partial charge >= 0.3 is 0 Å². The SMILES string of the molecule is CCCCCCCCC/C=C/C(O)C(CO)NC(=O)C(O)CCCCCCCCCC/C=C\C/C=C\CCCCCCCCCCC. The Hall–Kier alpha value is -1.43. The van der Waals surface area contributed by atoms with Crippen LogP contribution in [-0.2, 0) is 4.79 Å². The summed E-state index contributed by atoms with van der Waals surface area (Å²) in [6.07, 6.45) is 46.1. The molecule has 0 aromatic heterocycles. The summed E-state index contributed by atoms with van der Waals surface area (Å²) in [6, 6.07) is -0.797. The fraction of sp³-hybridized carbons (Fsp3) is 0.833. The summed E-state index contributed by atoms with van der Waals surface area (Å²) in [7, 11) is 0. The van der Waals surface area contributed by atoms with Crippen molar-refractivity contribution >= 4 is 5.91 Å². The Morgan fingerprint density at radius 1 is 0.532 bits per heavy atom. The lowest BCUT2D eigenvalue weighted by molar-refractivity contribution is -0.131. The summed E-state index contributed by atoms with van der Waals surface area (Å²) in [4.78, 5) is 12.4. The Morgan fingerprint density at radius 2 is 0.915 bits per heavy atom. The molecule has 5 heteroatoms. The molecule has 276 valence electrons. The fourth-order valence-corrected chi connectivity index (χ4v) is 5.98. The highest BCUT2D eigenvalue weighted by atomic mass is 16.3. The molecule has 0 rings (SSSR count). The van der Waals surface area contributed by atoms with Crippen molar-refractivity contribution in [2.75, 3.05) is 6.61 Å². The van der Waals surface area contributed by atoms with Gasteiger partial charge in [-0.15, -0.1) is 0 Å². The molecule has 0 saturated carbocycles. The van der Waals surface area contributed by atoms with Crippen LogP contribution in [-0.4, -0.2) is 46.1 Å². The van der Waals surface area contributed by atoms with Gasteiger partial charge in [0.2, 0.25) is 5.91 Å². The van der Waals surface area contributed by atoms with E-state index in [4.69, 9.17) is 0 Å². The number of carbonyl (C=O) groups excluding carboxylic acids is 1. The summed E-state index contributed by atoms with van der Waals surface area (Å²) < 4.78 is 0. The Labute approximate surface area is 292 Å². The quantitative estimate of drug-likeness (QED) is 0.0397. The third kappa shape index (κ3) is 32.9. The number of nitrogens with one attached hydrogen (secondary N) is 1. The number of amides is 1. The predicted molar refractivity (Wildman–Crippen MR) is 204 cm³/mol. The van der Waals surface area contributed by atoms with Crippen LogP contribution in [0.1, 0.15) is 200 Å². The highest BCUT2D eigenvalue weighted by Gasteiger charge is 2.22. The van der Waals surface area contributed by atoms with Crippen LogP contribution < -0.4 is 5.32 Å². The third-order valence-electron chi connectivity index (χ3n) is 9.23. The Bertz CT molecular complexity index is 734. The van der Waals surface area contributed by atoms with Crippen LogP contribution in [0.25, 0.3) is 0 Å². The normalized spacial score (nSPS) is 14.1.